The van der Waals surface area contributed by atoms with Gasteiger partial charge < -0.3 is 5.11 Å². The van der Waals surface area contributed by atoms with Crippen LogP contribution in [0.25, 0.3) is 10.7 Å². The van der Waals surface area contributed by atoms with Crippen molar-refractivity contribution in [2.24, 2.45) is 0 Å². The largest absolute Gasteiger partial charge is 0.480 e. The van der Waals surface area contributed by atoms with Gasteiger partial charge in [-0.15, -0.1) is 16.4 Å². The number of aromatic nitrogens is 4. The SMILES string of the molecule is Cc1csc(-c2nnnn2CC(=O)O)c1Cl. The van der Waals surface area contributed by atoms with Crippen LogP contribution in [-0.4, -0.2) is 31.3 Å². The molecule has 0 amide bonds. The number of rotatable bonds is 3. The monoisotopic (exact) mass is 258 g/mol. The number of hydrogen-bond donors (Lipinski definition) is 1. The summed E-state index contributed by atoms with van der Waals surface area (Å²) >= 11 is 7.45. The number of aliphatic carboxylic acids is 1. The molecule has 84 valence electrons. The number of halogens is 1. The first-order valence-corrected chi connectivity index (χ1v) is 5.57. The molecule has 0 aliphatic rings. The van der Waals surface area contributed by atoms with Gasteiger partial charge in [0, 0.05) is 0 Å². The highest BCUT2D eigenvalue weighted by molar-refractivity contribution is 7.14. The molecule has 6 nitrogen and oxygen atoms in total. The van der Waals surface area contributed by atoms with E-state index in [1.165, 1.54) is 16.0 Å². The highest BCUT2D eigenvalue weighted by Crippen LogP contribution is 2.34. The van der Waals surface area contributed by atoms with Gasteiger partial charge >= 0.3 is 5.97 Å². The zero-order chi connectivity index (χ0) is 11.7. The van der Waals surface area contributed by atoms with Gasteiger partial charge in [-0.3, -0.25) is 4.79 Å². The van der Waals surface area contributed by atoms with Crippen molar-refractivity contribution in [3.8, 4) is 10.7 Å². The van der Waals surface area contributed by atoms with Crippen molar-refractivity contribution >= 4 is 28.9 Å². The van der Waals surface area contributed by atoms with E-state index in [9.17, 15) is 4.79 Å². The summed E-state index contributed by atoms with van der Waals surface area (Å²) in [5, 5.41) is 22.0. The lowest BCUT2D eigenvalue weighted by molar-refractivity contribution is -0.137. The highest BCUT2D eigenvalue weighted by Gasteiger charge is 2.17. The molecule has 0 aliphatic carbocycles. The summed E-state index contributed by atoms with van der Waals surface area (Å²) in [6.07, 6.45) is 0. The van der Waals surface area contributed by atoms with Gasteiger partial charge in [-0.25, -0.2) is 4.68 Å². The van der Waals surface area contributed by atoms with Crippen LogP contribution < -0.4 is 0 Å². The predicted molar refractivity (Wildman–Crippen MR) is 58.5 cm³/mol. The first-order valence-electron chi connectivity index (χ1n) is 4.31. The van der Waals surface area contributed by atoms with Crippen LogP contribution in [0.3, 0.4) is 0 Å². The third kappa shape index (κ3) is 1.91. The molecule has 1 N–H and O–H groups in total. The molecule has 2 heterocycles. The second-order valence-corrected chi connectivity index (χ2v) is 4.37. The molecular formula is C8H7ClN4O2S. The molecule has 16 heavy (non-hydrogen) atoms. The summed E-state index contributed by atoms with van der Waals surface area (Å²) in [6.45, 7) is 1.59. The molecule has 0 bridgehead atoms. The van der Waals surface area contributed by atoms with Gasteiger partial charge in [0.2, 0.25) is 0 Å². The first kappa shape index (κ1) is 11.0. The highest BCUT2D eigenvalue weighted by atomic mass is 35.5. The Labute approximate surface area is 99.5 Å². The Kier molecular flexibility index (Phi) is 2.88. The van der Waals surface area contributed by atoms with Crippen molar-refractivity contribution < 1.29 is 9.90 Å². The first-order chi connectivity index (χ1) is 7.59. The van der Waals surface area contributed by atoms with E-state index in [0.717, 1.165) is 5.56 Å². The van der Waals surface area contributed by atoms with Crippen LogP contribution in [0.1, 0.15) is 5.56 Å². The van der Waals surface area contributed by atoms with E-state index in [1.807, 2.05) is 12.3 Å². The fraction of sp³-hybridized carbons (Fsp3) is 0.250. The standard InChI is InChI=1S/C8H7ClN4O2S/c1-4-3-16-7(6(4)9)8-10-11-12-13(8)2-5(14)15/h3H,2H2,1H3,(H,14,15). The second kappa shape index (κ2) is 4.18. The minimum absolute atomic E-state index is 0.282. The number of tetrazole rings is 1. The molecule has 0 atom stereocenters. The van der Waals surface area contributed by atoms with Crippen molar-refractivity contribution in [1.29, 1.82) is 0 Å². The van der Waals surface area contributed by atoms with E-state index in [1.54, 1.807) is 0 Å². The fourth-order valence-electron chi connectivity index (χ4n) is 1.18. The molecule has 8 heteroatoms. The minimum Gasteiger partial charge on any atom is -0.480 e. The number of carboxylic acids is 1. The Hall–Kier alpha value is -1.47. The average molecular weight is 259 g/mol. The average Bonchev–Trinajstić information content (AvgIpc) is 2.76. The zero-order valence-electron chi connectivity index (χ0n) is 8.21. The summed E-state index contributed by atoms with van der Waals surface area (Å²) in [4.78, 5) is 11.3. The van der Waals surface area contributed by atoms with E-state index >= 15 is 0 Å². The van der Waals surface area contributed by atoms with Gasteiger partial charge in [-0.2, -0.15) is 0 Å². The van der Waals surface area contributed by atoms with Crippen LogP contribution >= 0.6 is 22.9 Å². The minimum atomic E-state index is -1.00. The van der Waals surface area contributed by atoms with Crippen LogP contribution in [0, 0.1) is 6.92 Å². The van der Waals surface area contributed by atoms with E-state index < -0.39 is 5.97 Å². The topological polar surface area (TPSA) is 80.9 Å². The Balaban J connectivity index is 2.44. The van der Waals surface area contributed by atoms with Crippen molar-refractivity contribution in [3.05, 3.63) is 16.0 Å². The number of carbonyl (C=O) groups is 1. The molecular weight excluding hydrogens is 252 g/mol. The molecule has 0 saturated heterocycles. The Morgan fingerprint density at radius 3 is 3.00 bits per heavy atom. The van der Waals surface area contributed by atoms with Crippen LogP contribution in [-0.2, 0) is 11.3 Å². The molecule has 0 fully saturated rings. The Morgan fingerprint density at radius 1 is 1.69 bits per heavy atom. The lowest BCUT2D eigenvalue weighted by Gasteiger charge is -1.99. The molecule has 0 aliphatic heterocycles. The molecule has 0 unspecified atom stereocenters. The van der Waals surface area contributed by atoms with Gasteiger partial charge in [-0.1, -0.05) is 11.6 Å². The second-order valence-electron chi connectivity index (χ2n) is 3.12. The van der Waals surface area contributed by atoms with Gasteiger partial charge in [-0.05, 0) is 28.3 Å². The quantitative estimate of drug-likeness (QED) is 0.901. The third-order valence-corrected chi connectivity index (χ3v) is 3.61. The smallest absolute Gasteiger partial charge is 0.325 e. The van der Waals surface area contributed by atoms with Crippen molar-refractivity contribution in [3.63, 3.8) is 0 Å². The third-order valence-electron chi connectivity index (χ3n) is 1.92. The van der Waals surface area contributed by atoms with Gasteiger partial charge in [0.1, 0.15) is 6.54 Å². The zero-order valence-corrected chi connectivity index (χ0v) is 9.79. The Bertz CT molecular complexity index is 536. The van der Waals surface area contributed by atoms with E-state index in [-0.39, 0.29) is 6.54 Å². The summed E-state index contributed by atoms with van der Waals surface area (Å²) in [6, 6.07) is 0. The maximum atomic E-state index is 10.6. The lowest BCUT2D eigenvalue weighted by atomic mass is 10.3. The Morgan fingerprint density at radius 2 is 2.44 bits per heavy atom. The van der Waals surface area contributed by atoms with Gasteiger partial charge in [0.05, 0.1) is 9.90 Å². The number of hydrogen-bond acceptors (Lipinski definition) is 5. The maximum Gasteiger partial charge on any atom is 0.325 e. The molecule has 2 aromatic heterocycles. The van der Waals surface area contributed by atoms with Gasteiger partial charge in [0.15, 0.2) is 5.82 Å². The molecule has 2 rings (SSSR count). The predicted octanol–water partition coefficient (Wildman–Crippen LogP) is 1.45. The van der Waals surface area contributed by atoms with Crippen LogP contribution in [0.5, 0.6) is 0 Å². The number of aryl methyl sites for hydroxylation is 1. The van der Waals surface area contributed by atoms with Crippen LogP contribution in [0.2, 0.25) is 5.02 Å². The van der Waals surface area contributed by atoms with Crippen LogP contribution in [0.15, 0.2) is 5.38 Å². The summed E-state index contributed by atoms with van der Waals surface area (Å²) in [5.41, 5.74) is 0.923. The lowest BCUT2D eigenvalue weighted by Crippen LogP contribution is -2.11. The summed E-state index contributed by atoms with van der Waals surface area (Å²) in [5.74, 6) is -0.622. The number of carboxylic acid groups (broad SMARTS) is 1. The fourth-order valence-corrected chi connectivity index (χ4v) is 2.45. The van der Waals surface area contributed by atoms with Gasteiger partial charge in [0.25, 0.3) is 0 Å². The number of thiophene rings is 1. The molecule has 0 saturated carbocycles. The summed E-state index contributed by atoms with van der Waals surface area (Å²) in [7, 11) is 0. The molecule has 0 radical (unpaired) electrons. The molecule has 0 spiro atoms. The van der Waals surface area contributed by atoms with E-state index in [2.05, 4.69) is 15.5 Å². The van der Waals surface area contributed by atoms with Crippen LogP contribution in [0.4, 0.5) is 0 Å². The molecule has 2 aromatic rings. The van der Waals surface area contributed by atoms with E-state index in [0.29, 0.717) is 15.7 Å². The van der Waals surface area contributed by atoms with Crippen molar-refractivity contribution in [2.45, 2.75) is 13.5 Å². The molecule has 0 aromatic carbocycles. The van der Waals surface area contributed by atoms with Crippen molar-refractivity contribution in [1.82, 2.24) is 20.2 Å². The van der Waals surface area contributed by atoms with Crippen molar-refractivity contribution in [2.75, 3.05) is 0 Å². The number of nitrogens with zero attached hydrogens (tertiary/aromatic N) is 4. The van der Waals surface area contributed by atoms with E-state index in [4.69, 9.17) is 16.7 Å². The summed E-state index contributed by atoms with van der Waals surface area (Å²) < 4.78 is 1.21. The normalized spacial score (nSPS) is 10.6. The maximum absolute atomic E-state index is 10.6.